The second-order valence-electron chi connectivity index (χ2n) is 7.68. The number of benzene rings is 1. The molecule has 2 amide bonds. The van der Waals surface area contributed by atoms with Gasteiger partial charge in [0, 0.05) is 31.7 Å². The van der Waals surface area contributed by atoms with Crippen LogP contribution in [-0.4, -0.2) is 50.1 Å². The van der Waals surface area contributed by atoms with E-state index in [1.54, 1.807) is 23.2 Å². The average molecular weight is 470 g/mol. The molecule has 1 aromatic carbocycles. The van der Waals surface area contributed by atoms with Crippen LogP contribution in [0.5, 0.6) is 0 Å². The number of aryl methyl sites for hydroxylation is 1. The number of thioether (sulfide) groups is 1. The number of halogens is 1. The monoisotopic (exact) mass is 469 g/mol. The van der Waals surface area contributed by atoms with Gasteiger partial charge in [-0.25, -0.2) is 9.97 Å². The number of hydrogen-bond donors (Lipinski definition) is 1. The first-order valence-electron chi connectivity index (χ1n) is 10.4. The molecule has 2 aromatic heterocycles. The van der Waals surface area contributed by atoms with Gasteiger partial charge in [-0.3, -0.25) is 14.2 Å². The molecule has 1 saturated heterocycles. The summed E-state index contributed by atoms with van der Waals surface area (Å²) in [5, 5.41) is 4.10. The minimum absolute atomic E-state index is 0.0106. The van der Waals surface area contributed by atoms with Crippen molar-refractivity contribution in [3.05, 3.63) is 65.6 Å². The highest BCUT2D eigenvalue weighted by Crippen LogP contribution is 2.24. The maximum atomic E-state index is 12.9. The molecule has 0 saturated carbocycles. The Hall–Kier alpha value is -2.84. The molecule has 3 heterocycles. The first kappa shape index (κ1) is 22.4. The summed E-state index contributed by atoms with van der Waals surface area (Å²) in [7, 11) is 0. The van der Waals surface area contributed by atoms with E-state index < -0.39 is 0 Å². The second kappa shape index (κ2) is 10.2. The van der Waals surface area contributed by atoms with E-state index in [1.165, 1.54) is 18.0 Å². The fourth-order valence-corrected chi connectivity index (χ4v) is 4.71. The van der Waals surface area contributed by atoms with E-state index in [4.69, 9.17) is 11.6 Å². The van der Waals surface area contributed by atoms with Crippen LogP contribution >= 0.6 is 23.4 Å². The van der Waals surface area contributed by atoms with E-state index in [9.17, 15) is 9.59 Å². The third-order valence-electron chi connectivity index (χ3n) is 5.43. The Balaban J connectivity index is 1.34. The lowest BCUT2D eigenvalue weighted by molar-refractivity contribution is -0.132. The van der Waals surface area contributed by atoms with Gasteiger partial charge in [0.15, 0.2) is 5.16 Å². The number of hydrogen-bond acceptors (Lipinski definition) is 5. The molecule has 0 radical (unpaired) electrons. The number of carbonyl (C=O) groups excluding carboxylic acids is 2. The van der Waals surface area contributed by atoms with Crippen molar-refractivity contribution in [3.63, 3.8) is 0 Å². The van der Waals surface area contributed by atoms with Gasteiger partial charge >= 0.3 is 0 Å². The lowest BCUT2D eigenvalue weighted by Gasteiger charge is -2.32. The summed E-state index contributed by atoms with van der Waals surface area (Å²) in [6.45, 7) is 3.12. The SMILES string of the molecule is Cc1ccccc1-n1ccnc1SCC(=O)N1CCCC(C(=O)Nc2ccc(Cl)cn2)C1. The van der Waals surface area contributed by atoms with Crippen LogP contribution in [0.4, 0.5) is 5.82 Å². The van der Waals surface area contributed by atoms with E-state index in [2.05, 4.69) is 15.3 Å². The van der Waals surface area contributed by atoms with Crippen LogP contribution in [-0.2, 0) is 9.59 Å². The third-order valence-corrected chi connectivity index (χ3v) is 6.61. The van der Waals surface area contributed by atoms with Crippen molar-refractivity contribution >= 4 is 41.0 Å². The van der Waals surface area contributed by atoms with Crippen LogP contribution in [0.3, 0.4) is 0 Å². The second-order valence-corrected chi connectivity index (χ2v) is 9.06. The summed E-state index contributed by atoms with van der Waals surface area (Å²) in [4.78, 5) is 35.8. The maximum absolute atomic E-state index is 12.9. The molecule has 0 bridgehead atoms. The fourth-order valence-electron chi connectivity index (χ4n) is 3.73. The topological polar surface area (TPSA) is 80.1 Å². The van der Waals surface area contributed by atoms with Crippen LogP contribution in [0.25, 0.3) is 5.69 Å². The predicted octanol–water partition coefficient (Wildman–Crippen LogP) is 4.20. The molecule has 1 unspecified atom stereocenters. The number of aromatic nitrogens is 3. The Morgan fingerprint density at radius 3 is 2.84 bits per heavy atom. The molecule has 7 nitrogen and oxygen atoms in total. The minimum Gasteiger partial charge on any atom is -0.341 e. The van der Waals surface area contributed by atoms with Gasteiger partial charge < -0.3 is 10.2 Å². The molecule has 1 aliphatic heterocycles. The van der Waals surface area contributed by atoms with Gasteiger partial charge in [-0.1, -0.05) is 41.6 Å². The first-order valence-corrected chi connectivity index (χ1v) is 11.8. The van der Waals surface area contributed by atoms with Crippen molar-refractivity contribution < 1.29 is 9.59 Å². The van der Waals surface area contributed by atoms with Gasteiger partial charge in [-0.15, -0.1) is 0 Å². The number of rotatable bonds is 6. The number of piperidine rings is 1. The highest BCUT2D eigenvalue weighted by atomic mass is 35.5. The number of likely N-dealkylation sites (tertiary alicyclic amines) is 1. The average Bonchev–Trinajstić information content (AvgIpc) is 3.27. The summed E-state index contributed by atoms with van der Waals surface area (Å²) in [5.41, 5.74) is 2.18. The molecule has 1 N–H and O–H groups in total. The number of amides is 2. The standard InChI is InChI=1S/C23H24ClN5O2S/c1-16-5-2-3-7-19(16)29-12-10-25-23(29)32-15-21(30)28-11-4-6-17(14-28)22(31)27-20-9-8-18(24)13-26-20/h2-3,5,7-10,12-13,17H,4,6,11,14-15H2,1H3,(H,26,27,31). The summed E-state index contributed by atoms with van der Waals surface area (Å²) in [5.74, 6) is 0.359. The van der Waals surface area contributed by atoms with Gasteiger partial charge in [0.1, 0.15) is 5.82 Å². The zero-order valence-corrected chi connectivity index (χ0v) is 19.3. The molecule has 0 aliphatic carbocycles. The van der Waals surface area contributed by atoms with Crippen molar-refractivity contribution in [1.82, 2.24) is 19.4 Å². The quantitative estimate of drug-likeness (QED) is 0.547. The zero-order chi connectivity index (χ0) is 22.5. The maximum Gasteiger partial charge on any atom is 0.233 e. The zero-order valence-electron chi connectivity index (χ0n) is 17.7. The Kier molecular flexibility index (Phi) is 7.12. The summed E-state index contributed by atoms with van der Waals surface area (Å²) >= 11 is 7.25. The molecular weight excluding hydrogens is 446 g/mol. The van der Waals surface area contributed by atoms with E-state index in [-0.39, 0.29) is 23.5 Å². The van der Waals surface area contributed by atoms with Gasteiger partial charge in [0.2, 0.25) is 11.8 Å². The summed E-state index contributed by atoms with van der Waals surface area (Å²) < 4.78 is 2.00. The molecule has 166 valence electrons. The van der Waals surface area contributed by atoms with Crippen LogP contribution in [0.1, 0.15) is 18.4 Å². The van der Waals surface area contributed by atoms with Crippen molar-refractivity contribution in [2.45, 2.75) is 24.9 Å². The van der Waals surface area contributed by atoms with E-state index in [0.717, 1.165) is 29.2 Å². The van der Waals surface area contributed by atoms with Gasteiger partial charge in [-0.2, -0.15) is 0 Å². The van der Waals surface area contributed by atoms with Gasteiger partial charge in [0.05, 0.1) is 22.4 Å². The van der Waals surface area contributed by atoms with Gasteiger partial charge in [-0.05, 0) is 43.5 Å². The fraction of sp³-hybridized carbons (Fsp3) is 0.304. The van der Waals surface area contributed by atoms with E-state index >= 15 is 0 Å². The molecule has 0 spiro atoms. The molecule has 32 heavy (non-hydrogen) atoms. The predicted molar refractivity (Wildman–Crippen MR) is 126 cm³/mol. The Morgan fingerprint density at radius 1 is 1.22 bits per heavy atom. The summed E-state index contributed by atoms with van der Waals surface area (Å²) in [6.07, 6.45) is 6.67. The number of anilines is 1. The molecule has 1 aliphatic rings. The number of nitrogens with one attached hydrogen (secondary N) is 1. The van der Waals surface area contributed by atoms with Crippen LogP contribution < -0.4 is 5.32 Å². The molecular formula is C23H24ClN5O2S. The third kappa shape index (κ3) is 5.31. The largest absolute Gasteiger partial charge is 0.341 e. The number of para-hydroxylation sites is 1. The molecule has 1 fully saturated rings. The van der Waals surface area contributed by atoms with Crippen LogP contribution in [0.2, 0.25) is 5.02 Å². The molecule has 3 aromatic rings. The van der Waals surface area contributed by atoms with Crippen LogP contribution in [0, 0.1) is 12.8 Å². The lowest BCUT2D eigenvalue weighted by Crippen LogP contribution is -2.44. The highest BCUT2D eigenvalue weighted by Gasteiger charge is 2.28. The normalized spacial score (nSPS) is 16.1. The van der Waals surface area contributed by atoms with Crippen LogP contribution in [0.15, 0.2) is 60.1 Å². The van der Waals surface area contributed by atoms with Gasteiger partial charge in [0.25, 0.3) is 0 Å². The minimum atomic E-state index is -0.260. The molecule has 9 heteroatoms. The summed E-state index contributed by atoms with van der Waals surface area (Å²) in [6, 6.07) is 11.4. The van der Waals surface area contributed by atoms with Crippen molar-refractivity contribution in [2.24, 2.45) is 5.92 Å². The Bertz CT molecular complexity index is 1100. The molecule has 1 atom stereocenters. The van der Waals surface area contributed by atoms with E-state index in [1.807, 2.05) is 42.0 Å². The number of imidazole rings is 1. The van der Waals surface area contributed by atoms with Crippen molar-refractivity contribution in [1.29, 1.82) is 0 Å². The number of carbonyl (C=O) groups is 2. The van der Waals surface area contributed by atoms with Crippen molar-refractivity contribution in [3.8, 4) is 5.69 Å². The number of nitrogens with zero attached hydrogens (tertiary/aromatic N) is 4. The Morgan fingerprint density at radius 2 is 2.06 bits per heavy atom. The molecule has 4 rings (SSSR count). The van der Waals surface area contributed by atoms with Crippen molar-refractivity contribution in [2.75, 3.05) is 24.2 Å². The smallest absolute Gasteiger partial charge is 0.233 e. The Labute approximate surface area is 196 Å². The first-order chi connectivity index (χ1) is 15.5. The van der Waals surface area contributed by atoms with E-state index in [0.29, 0.717) is 23.9 Å². The number of pyridine rings is 1. The highest BCUT2D eigenvalue weighted by molar-refractivity contribution is 7.99. The lowest BCUT2D eigenvalue weighted by atomic mass is 9.97.